The second kappa shape index (κ2) is 3.87. The molecule has 52 valence electrons. The fraction of sp³-hybridized carbons (Fsp3) is 0.500. The molecule has 1 atom stereocenters. The Morgan fingerprint density at radius 2 is 2.22 bits per heavy atom. The fourth-order valence-corrected chi connectivity index (χ4v) is 0.376. The number of ether oxygens (including phenoxy) is 1. The molecule has 0 aromatic rings. The van der Waals surface area contributed by atoms with Gasteiger partial charge in [-0.05, 0) is 36.4 Å². The molecule has 0 aliphatic rings. The normalized spacial score (nSPS) is 17.2. The van der Waals surface area contributed by atoms with Crippen molar-refractivity contribution >= 4 is 28.9 Å². The van der Waals surface area contributed by atoms with Crippen molar-refractivity contribution in [3.63, 3.8) is 0 Å². The van der Waals surface area contributed by atoms with Crippen LogP contribution in [-0.4, -0.2) is 9.89 Å². The summed E-state index contributed by atoms with van der Waals surface area (Å²) in [6, 6.07) is 0. The molecule has 0 aliphatic carbocycles. The summed E-state index contributed by atoms with van der Waals surface area (Å²) in [7, 11) is 0. The Bertz CT molecular complexity index is 118. The predicted octanol–water partition coefficient (Wildman–Crippen LogP) is 1.89. The quantitative estimate of drug-likeness (QED) is 0.326. The molecule has 2 nitrogen and oxygen atoms in total. The molecule has 3 heteroatoms. The predicted molar refractivity (Wildman–Crippen MR) is 44.4 cm³/mol. The number of hydrogen-bond acceptors (Lipinski definition) is 2. The Kier molecular flexibility index (Phi) is 3.84. The molecule has 1 unspecified atom stereocenters. The Balaban J connectivity index is 3.71. The average Bonchev–Trinajstić information content (AvgIpc) is 1.84. The number of carbonyl (C=O) groups excluding carboxylic acids is 1. The monoisotopic (exact) mass is 240 g/mol. The van der Waals surface area contributed by atoms with E-state index in [1.807, 2.05) is 29.5 Å². The van der Waals surface area contributed by atoms with Crippen molar-refractivity contribution in [2.24, 2.45) is 0 Å². The Morgan fingerprint density at radius 3 is 2.56 bits per heavy atom. The van der Waals surface area contributed by atoms with E-state index in [-0.39, 0.29) is 0 Å². The van der Waals surface area contributed by atoms with Crippen LogP contribution in [0.1, 0.15) is 13.8 Å². The summed E-state index contributed by atoms with van der Waals surface area (Å²) in [4.78, 5) is 10.2. The van der Waals surface area contributed by atoms with Crippen LogP contribution in [0.25, 0.3) is 0 Å². The lowest BCUT2D eigenvalue weighted by atomic mass is 10.5. The Morgan fingerprint density at radius 1 is 1.67 bits per heavy atom. The second-order valence-corrected chi connectivity index (χ2v) is 3.83. The SMILES string of the molecule is C/C=C/OC(C)(I)C=O. The number of alkyl halides is 1. The average molecular weight is 240 g/mol. The molecule has 0 N–H and O–H groups in total. The maximum atomic E-state index is 10.2. The van der Waals surface area contributed by atoms with Crippen LogP contribution in [0.5, 0.6) is 0 Å². The van der Waals surface area contributed by atoms with Gasteiger partial charge in [0.25, 0.3) is 0 Å². The van der Waals surface area contributed by atoms with Crippen LogP contribution in [-0.2, 0) is 9.53 Å². The van der Waals surface area contributed by atoms with E-state index in [1.54, 1.807) is 13.0 Å². The lowest BCUT2D eigenvalue weighted by Gasteiger charge is -2.12. The van der Waals surface area contributed by atoms with Gasteiger partial charge in [0.15, 0.2) is 6.29 Å². The fourth-order valence-electron chi connectivity index (χ4n) is 0.229. The molecule has 0 fully saturated rings. The molecular weight excluding hydrogens is 231 g/mol. The van der Waals surface area contributed by atoms with Crippen molar-refractivity contribution in [2.75, 3.05) is 0 Å². The minimum Gasteiger partial charge on any atom is -0.478 e. The van der Waals surface area contributed by atoms with Gasteiger partial charge in [0, 0.05) is 0 Å². The van der Waals surface area contributed by atoms with Crippen molar-refractivity contribution in [3.05, 3.63) is 12.3 Å². The second-order valence-electron chi connectivity index (χ2n) is 1.69. The zero-order valence-corrected chi connectivity index (χ0v) is 7.58. The van der Waals surface area contributed by atoms with Gasteiger partial charge in [0.05, 0.1) is 6.26 Å². The van der Waals surface area contributed by atoms with Gasteiger partial charge in [-0.3, -0.25) is 4.79 Å². The summed E-state index contributed by atoms with van der Waals surface area (Å²) in [6.07, 6.45) is 3.99. The summed E-state index contributed by atoms with van der Waals surface area (Å²) >= 11 is 1.92. The molecule has 0 saturated carbocycles. The maximum Gasteiger partial charge on any atom is 0.210 e. The summed E-state index contributed by atoms with van der Waals surface area (Å²) in [5.41, 5.74) is 0. The third-order valence-corrected chi connectivity index (χ3v) is 1.15. The Labute approximate surface area is 68.4 Å². The maximum absolute atomic E-state index is 10.2. The summed E-state index contributed by atoms with van der Waals surface area (Å²) < 4.78 is 4.26. The molecule has 0 saturated heterocycles. The highest BCUT2D eigenvalue weighted by Crippen LogP contribution is 2.16. The molecule has 0 radical (unpaired) electrons. The van der Waals surface area contributed by atoms with Gasteiger partial charge in [-0.15, -0.1) is 0 Å². The van der Waals surface area contributed by atoms with Crippen LogP contribution >= 0.6 is 22.6 Å². The molecular formula is C6H9IO2. The van der Waals surface area contributed by atoms with Crippen molar-refractivity contribution < 1.29 is 9.53 Å². The van der Waals surface area contributed by atoms with Crippen LogP contribution in [0.2, 0.25) is 0 Å². The summed E-state index contributed by atoms with van der Waals surface area (Å²) in [5.74, 6) is 0. The highest BCUT2D eigenvalue weighted by Gasteiger charge is 2.17. The van der Waals surface area contributed by atoms with Crippen LogP contribution in [0.4, 0.5) is 0 Å². The summed E-state index contributed by atoms with van der Waals surface area (Å²) in [6.45, 7) is 3.53. The first-order chi connectivity index (χ1) is 4.12. The molecule has 0 bridgehead atoms. The first kappa shape index (κ1) is 8.94. The molecule has 9 heavy (non-hydrogen) atoms. The van der Waals surface area contributed by atoms with Crippen molar-refractivity contribution in [1.29, 1.82) is 0 Å². The lowest BCUT2D eigenvalue weighted by Crippen LogP contribution is -2.18. The topological polar surface area (TPSA) is 26.3 Å². The number of halogens is 1. The first-order valence-electron chi connectivity index (χ1n) is 2.56. The van der Waals surface area contributed by atoms with Crippen LogP contribution in [0.3, 0.4) is 0 Å². The van der Waals surface area contributed by atoms with Crippen LogP contribution in [0.15, 0.2) is 12.3 Å². The molecule has 0 aromatic heterocycles. The van der Waals surface area contributed by atoms with E-state index >= 15 is 0 Å². The van der Waals surface area contributed by atoms with E-state index in [9.17, 15) is 4.79 Å². The number of carbonyl (C=O) groups is 1. The largest absolute Gasteiger partial charge is 0.478 e. The van der Waals surface area contributed by atoms with E-state index in [0.29, 0.717) is 0 Å². The minimum absolute atomic E-state index is 0.704. The number of allylic oxidation sites excluding steroid dienone is 1. The Hall–Kier alpha value is -0.0600. The third-order valence-electron chi connectivity index (χ3n) is 0.645. The zero-order valence-electron chi connectivity index (χ0n) is 5.43. The van der Waals surface area contributed by atoms with E-state index in [2.05, 4.69) is 0 Å². The van der Waals surface area contributed by atoms with Crippen LogP contribution in [0, 0.1) is 0 Å². The third kappa shape index (κ3) is 4.44. The van der Waals surface area contributed by atoms with Gasteiger partial charge >= 0.3 is 0 Å². The van der Waals surface area contributed by atoms with Gasteiger partial charge in [0.1, 0.15) is 0 Å². The number of hydrogen-bond donors (Lipinski definition) is 0. The molecule has 0 amide bonds. The van der Waals surface area contributed by atoms with Gasteiger partial charge in [-0.25, -0.2) is 0 Å². The summed E-state index contributed by atoms with van der Waals surface area (Å²) in [5, 5.41) is 0. The highest BCUT2D eigenvalue weighted by molar-refractivity contribution is 14.1. The molecule has 0 spiro atoms. The minimum atomic E-state index is -0.704. The highest BCUT2D eigenvalue weighted by atomic mass is 127. The molecule has 0 rings (SSSR count). The van der Waals surface area contributed by atoms with Gasteiger partial charge in [-0.1, -0.05) is 6.08 Å². The van der Waals surface area contributed by atoms with E-state index < -0.39 is 3.61 Å². The molecule has 0 aromatic carbocycles. The standard InChI is InChI=1S/C6H9IO2/c1-3-4-9-6(2,7)5-8/h3-5H,1-2H3/b4-3+. The van der Waals surface area contributed by atoms with Gasteiger partial charge in [-0.2, -0.15) is 0 Å². The molecule has 0 heterocycles. The van der Waals surface area contributed by atoms with Gasteiger partial charge < -0.3 is 4.74 Å². The van der Waals surface area contributed by atoms with Crippen molar-refractivity contribution in [1.82, 2.24) is 0 Å². The van der Waals surface area contributed by atoms with Crippen molar-refractivity contribution in [2.45, 2.75) is 17.5 Å². The van der Waals surface area contributed by atoms with Crippen molar-refractivity contribution in [3.8, 4) is 0 Å². The lowest BCUT2D eigenvalue weighted by molar-refractivity contribution is -0.115. The van der Waals surface area contributed by atoms with E-state index in [0.717, 1.165) is 6.29 Å². The smallest absolute Gasteiger partial charge is 0.210 e. The molecule has 0 aliphatic heterocycles. The number of rotatable bonds is 3. The van der Waals surface area contributed by atoms with Gasteiger partial charge in [0.2, 0.25) is 3.61 Å². The number of aldehydes is 1. The van der Waals surface area contributed by atoms with E-state index in [1.165, 1.54) is 6.26 Å². The first-order valence-corrected chi connectivity index (χ1v) is 3.64. The van der Waals surface area contributed by atoms with Crippen LogP contribution < -0.4 is 0 Å². The van der Waals surface area contributed by atoms with E-state index in [4.69, 9.17) is 4.74 Å². The zero-order chi connectivity index (χ0) is 7.33.